The molecule has 0 aliphatic heterocycles. The SMILES string of the molecule is CN(Cc1cc(Br)cs1)c1ccccc1CO. The van der Waals surface area contributed by atoms with Gasteiger partial charge in [0.1, 0.15) is 0 Å². The summed E-state index contributed by atoms with van der Waals surface area (Å²) in [7, 11) is 2.04. The van der Waals surface area contributed by atoms with E-state index in [-0.39, 0.29) is 6.61 Å². The maximum absolute atomic E-state index is 9.31. The molecule has 2 rings (SSSR count). The lowest BCUT2D eigenvalue weighted by Gasteiger charge is -2.21. The molecule has 1 heterocycles. The van der Waals surface area contributed by atoms with Crippen LogP contribution in [0.1, 0.15) is 10.4 Å². The molecule has 1 N–H and O–H groups in total. The highest BCUT2D eigenvalue weighted by Crippen LogP contribution is 2.25. The number of hydrogen-bond acceptors (Lipinski definition) is 3. The van der Waals surface area contributed by atoms with E-state index in [0.717, 1.165) is 22.3 Å². The summed E-state index contributed by atoms with van der Waals surface area (Å²) in [6.45, 7) is 0.932. The van der Waals surface area contributed by atoms with Gasteiger partial charge in [-0.1, -0.05) is 18.2 Å². The topological polar surface area (TPSA) is 23.5 Å². The predicted octanol–water partition coefficient (Wildman–Crippen LogP) is 3.64. The standard InChI is InChI=1S/C13H14BrNOS/c1-15(7-12-6-11(14)9-17-12)13-5-3-2-4-10(13)8-16/h2-6,9,16H,7-8H2,1H3. The van der Waals surface area contributed by atoms with Gasteiger partial charge in [0.05, 0.1) is 13.2 Å². The third kappa shape index (κ3) is 3.09. The number of aliphatic hydroxyl groups excluding tert-OH is 1. The molecule has 0 aliphatic carbocycles. The number of anilines is 1. The molecular formula is C13H14BrNOS. The van der Waals surface area contributed by atoms with Crippen molar-refractivity contribution in [2.24, 2.45) is 0 Å². The number of aliphatic hydroxyl groups is 1. The Labute approximate surface area is 114 Å². The van der Waals surface area contributed by atoms with Gasteiger partial charge in [0.15, 0.2) is 0 Å². The average molecular weight is 312 g/mol. The molecule has 90 valence electrons. The van der Waals surface area contributed by atoms with Crippen LogP contribution in [0, 0.1) is 0 Å². The van der Waals surface area contributed by atoms with E-state index >= 15 is 0 Å². The number of hydrogen-bond donors (Lipinski definition) is 1. The lowest BCUT2D eigenvalue weighted by Crippen LogP contribution is -2.17. The van der Waals surface area contributed by atoms with Crippen LogP contribution < -0.4 is 4.90 Å². The lowest BCUT2D eigenvalue weighted by molar-refractivity contribution is 0.282. The first-order chi connectivity index (χ1) is 8.20. The lowest BCUT2D eigenvalue weighted by atomic mass is 10.1. The fourth-order valence-corrected chi connectivity index (χ4v) is 3.28. The van der Waals surface area contributed by atoms with Crippen LogP contribution in [0.3, 0.4) is 0 Å². The molecule has 0 saturated heterocycles. The van der Waals surface area contributed by atoms with Crippen molar-refractivity contribution in [2.75, 3.05) is 11.9 Å². The monoisotopic (exact) mass is 311 g/mol. The van der Waals surface area contributed by atoms with Crippen LogP contribution in [-0.4, -0.2) is 12.2 Å². The van der Waals surface area contributed by atoms with E-state index in [9.17, 15) is 5.11 Å². The normalized spacial score (nSPS) is 10.5. The van der Waals surface area contributed by atoms with E-state index in [1.807, 2.05) is 31.3 Å². The van der Waals surface area contributed by atoms with Crippen LogP contribution in [-0.2, 0) is 13.2 Å². The molecule has 0 radical (unpaired) electrons. The molecule has 0 spiro atoms. The molecule has 0 amide bonds. The summed E-state index contributed by atoms with van der Waals surface area (Å²) in [5.74, 6) is 0. The summed E-state index contributed by atoms with van der Waals surface area (Å²) in [5.41, 5.74) is 2.05. The van der Waals surface area contributed by atoms with Crippen LogP contribution >= 0.6 is 27.3 Å². The van der Waals surface area contributed by atoms with E-state index in [2.05, 4.69) is 32.3 Å². The van der Waals surface area contributed by atoms with Crippen LogP contribution in [0.2, 0.25) is 0 Å². The number of thiophene rings is 1. The van der Waals surface area contributed by atoms with Crippen LogP contribution in [0.4, 0.5) is 5.69 Å². The first kappa shape index (κ1) is 12.6. The second-order valence-corrected chi connectivity index (χ2v) is 5.79. The molecule has 17 heavy (non-hydrogen) atoms. The number of halogens is 1. The van der Waals surface area contributed by atoms with Gasteiger partial charge >= 0.3 is 0 Å². The second kappa shape index (κ2) is 5.67. The van der Waals surface area contributed by atoms with Gasteiger partial charge < -0.3 is 10.0 Å². The number of nitrogens with zero attached hydrogens (tertiary/aromatic N) is 1. The Morgan fingerprint density at radius 2 is 2.12 bits per heavy atom. The Kier molecular flexibility index (Phi) is 4.20. The molecule has 0 aliphatic rings. The zero-order valence-corrected chi connectivity index (χ0v) is 12.0. The van der Waals surface area contributed by atoms with Gasteiger partial charge in [-0.3, -0.25) is 0 Å². The molecule has 2 nitrogen and oxygen atoms in total. The van der Waals surface area contributed by atoms with Crippen molar-refractivity contribution in [3.8, 4) is 0 Å². The largest absolute Gasteiger partial charge is 0.392 e. The Balaban J connectivity index is 2.16. The van der Waals surface area contributed by atoms with E-state index in [4.69, 9.17) is 0 Å². The average Bonchev–Trinajstić information content (AvgIpc) is 2.74. The van der Waals surface area contributed by atoms with Gasteiger partial charge in [-0.2, -0.15) is 0 Å². The smallest absolute Gasteiger partial charge is 0.0702 e. The molecule has 0 atom stereocenters. The molecule has 1 aromatic heterocycles. The Bertz CT molecular complexity index is 498. The summed E-state index contributed by atoms with van der Waals surface area (Å²) in [5, 5.41) is 11.4. The van der Waals surface area contributed by atoms with Gasteiger partial charge in [0.25, 0.3) is 0 Å². The van der Waals surface area contributed by atoms with E-state index in [1.54, 1.807) is 11.3 Å². The molecular weight excluding hydrogens is 298 g/mol. The molecule has 2 aromatic rings. The zero-order valence-electron chi connectivity index (χ0n) is 9.56. The third-order valence-corrected chi connectivity index (χ3v) is 4.27. The maximum atomic E-state index is 9.31. The maximum Gasteiger partial charge on any atom is 0.0702 e. The van der Waals surface area contributed by atoms with E-state index in [0.29, 0.717) is 0 Å². The number of rotatable bonds is 4. The van der Waals surface area contributed by atoms with Gasteiger partial charge in [-0.05, 0) is 28.1 Å². The first-order valence-corrected chi connectivity index (χ1v) is 7.01. The van der Waals surface area contributed by atoms with E-state index in [1.165, 1.54) is 4.88 Å². The quantitative estimate of drug-likeness (QED) is 0.932. The minimum Gasteiger partial charge on any atom is -0.392 e. The van der Waals surface area contributed by atoms with Gasteiger partial charge in [-0.15, -0.1) is 11.3 Å². The van der Waals surface area contributed by atoms with Gasteiger partial charge in [0, 0.05) is 33.0 Å². The highest BCUT2D eigenvalue weighted by atomic mass is 79.9. The number of para-hydroxylation sites is 1. The predicted molar refractivity (Wildman–Crippen MR) is 76.5 cm³/mol. The number of benzene rings is 1. The minimum absolute atomic E-state index is 0.0780. The molecule has 4 heteroatoms. The van der Waals surface area contributed by atoms with Gasteiger partial charge in [0.2, 0.25) is 0 Å². The zero-order chi connectivity index (χ0) is 12.3. The molecule has 0 fully saturated rings. The van der Waals surface area contributed by atoms with Crippen molar-refractivity contribution in [2.45, 2.75) is 13.2 Å². The first-order valence-electron chi connectivity index (χ1n) is 5.33. The summed E-state index contributed by atoms with van der Waals surface area (Å²) in [4.78, 5) is 3.45. The molecule has 1 aromatic carbocycles. The molecule has 0 unspecified atom stereocenters. The fourth-order valence-electron chi connectivity index (χ4n) is 1.77. The highest BCUT2D eigenvalue weighted by Gasteiger charge is 2.07. The molecule has 0 saturated carbocycles. The van der Waals surface area contributed by atoms with Crippen molar-refractivity contribution in [1.82, 2.24) is 0 Å². The van der Waals surface area contributed by atoms with E-state index < -0.39 is 0 Å². The van der Waals surface area contributed by atoms with Crippen LogP contribution in [0.15, 0.2) is 40.2 Å². The highest BCUT2D eigenvalue weighted by molar-refractivity contribution is 9.10. The summed E-state index contributed by atoms with van der Waals surface area (Å²) < 4.78 is 1.13. The fraction of sp³-hybridized carbons (Fsp3) is 0.231. The van der Waals surface area contributed by atoms with Crippen molar-refractivity contribution < 1.29 is 5.11 Å². The van der Waals surface area contributed by atoms with Crippen molar-refractivity contribution >= 4 is 33.0 Å². The molecule has 0 bridgehead atoms. The van der Waals surface area contributed by atoms with Crippen molar-refractivity contribution in [3.63, 3.8) is 0 Å². The van der Waals surface area contributed by atoms with Crippen LogP contribution in [0.5, 0.6) is 0 Å². The van der Waals surface area contributed by atoms with Gasteiger partial charge in [-0.25, -0.2) is 0 Å². The summed E-state index contributed by atoms with van der Waals surface area (Å²) in [6.07, 6.45) is 0. The Morgan fingerprint density at radius 3 is 2.76 bits per heavy atom. The summed E-state index contributed by atoms with van der Waals surface area (Å²) >= 11 is 5.19. The van der Waals surface area contributed by atoms with Crippen molar-refractivity contribution in [1.29, 1.82) is 0 Å². The third-order valence-electron chi connectivity index (χ3n) is 2.59. The Morgan fingerprint density at radius 1 is 1.35 bits per heavy atom. The van der Waals surface area contributed by atoms with Crippen molar-refractivity contribution in [3.05, 3.63) is 50.6 Å². The minimum atomic E-state index is 0.0780. The second-order valence-electron chi connectivity index (χ2n) is 3.87. The van der Waals surface area contributed by atoms with Crippen LogP contribution in [0.25, 0.3) is 0 Å². The summed E-state index contributed by atoms with van der Waals surface area (Å²) in [6, 6.07) is 10.1. The Hall–Kier alpha value is -0.840.